The third kappa shape index (κ3) is 5.66. The minimum Gasteiger partial charge on any atom is -0.495 e. The van der Waals surface area contributed by atoms with Gasteiger partial charge in [-0.3, -0.25) is 4.79 Å². The van der Waals surface area contributed by atoms with Crippen LogP contribution in [0, 0.1) is 0 Å². The van der Waals surface area contributed by atoms with Crippen LogP contribution in [-0.2, 0) is 4.79 Å². The van der Waals surface area contributed by atoms with E-state index in [2.05, 4.69) is 10.6 Å². The molecule has 0 saturated carbocycles. The van der Waals surface area contributed by atoms with E-state index in [9.17, 15) is 4.79 Å². The maximum absolute atomic E-state index is 12.8. The molecule has 1 atom stereocenters. The van der Waals surface area contributed by atoms with Gasteiger partial charge in [0, 0.05) is 24.7 Å². The van der Waals surface area contributed by atoms with E-state index in [1.807, 2.05) is 53.4 Å². The van der Waals surface area contributed by atoms with Crippen molar-refractivity contribution in [3.8, 4) is 5.75 Å². The summed E-state index contributed by atoms with van der Waals surface area (Å²) < 4.78 is 5.31. The average molecular weight is 433 g/mol. The van der Waals surface area contributed by atoms with Gasteiger partial charge in [-0.15, -0.1) is 24.8 Å². The SMILES string of the molecule is COc1ccccc1NCC(=O)N1CCNCC1c1ccccc1Cl.Cl.Cl. The summed E-state index contributed by atoms with van der Waals surface area (Å²) in [6, 6.07) is 15.2. The highest BCUT2D eigenvalue weighted by atomic mass is 35.5. The average Bonchev–Trinajstić information content (AvgIpc) is 2.66. The second-order valence-corrected chi connectivity index (χ2v) is 6.29. The Morgan fingerprint density at radius 2 is 1.93 bits per heavy atom. The molecule has 1 saturated heterocycles. The lowest BCUT2D eigenvalue weighted by atomic mass is 10.0. The first-order valence-electron chi connectivity index (χ1n) is 8.32. The minimum atomic E-state index is -0.0607. The summed E-state index contributed by atoms with van der Waals surface area (Å²) >= 11 is 6.34. The molecule has 1 amide bonds. The van der Waals surface area contributed by atoms with E-state index >= 15 is 0 Å². The molecule has 0 aliphatic carbocycles. The fraction of sp³-hybridized carbons (Fsp3) is 0.316. The predicted molar refractivity (Wildman–Crippen MR) is 115 cm³/mol. The Morgan fingerprint density at radius 3 is 2.67 bits per heavy atom. The third-order valence-corrected chi connectivity index (χ3v) is 4.71. The highest BCUT2D eigenvalue weighted by Crippen LogP contribution is 2.29. The summed E-state index contributed by atoms with van der Waals surface area (Å²) in [6.07, 6.45) is 0. The van der Waals surface area contributed by atoms with Gasteiger partial charge in [0.25, 0.3) is 0 Å². The quantitative estimate of drug-likeness (QED) is 0.755. The van der Waals surface area contributed by atoms with Crippen molar-refractivity contribution in [2.45, 2.75) is 6.04 Å². The molecule has 1 aliphatic heterocycles. The number of carbonyl (C=O) groups is 1. The molecule has 0 radical (unpaired) electrons. The number of nitrogens with zero attached hydrogens (tertiary/aromatic N) is 1. The molecule has 2 aromatic carbocycles. The number of halogens is 3. The van der Waals surface area contributed by atoms with E-state index in [0.29, 0.717) is 18.1 Å². The second-order valence-electron chi connectivity index (χ2n) is 5.88. The lowest BCUT2D eigenvalue weighted by Crippen LogP contribution is -2.50. The Bertz CT molecular complexity index is 746. The van der Waals surface area contributed by atoms with Gasteiger partial charge in [0.2, 0.25) is 5.91 Å². The number of amides is 1. The van der Waals surface area contributed by atoms with Crippen molar-refractivity contribution in [2.24, 2.45) is 0 Å². The smallest absolute Gasteiger partial charge is 0.242 e. The molecule has 1 unspecified atom stereocenters. The van der Waals surface area contributed by atoms with Crippen molar-refractivity contribution in [3.63, 3.8) is 0 Å². The number of ether oxygens (including phenoxy) is 1. The summed E-state index contributed by atoms with van der Waals surface area (Å²) in [4.78, 5) is 14.7. The number of rotatable bonds is 5. The lowest BCUT2D eigenvalue weighted by Gasteiger charge is -2.37. The molecule has 2 aromatic rings. The zero-order valence-corrected chi connectivity index (χ0v) is 17.4. The van der Waals surface area contributed by atoms with Gasteiger partial charge in [-0.25, -0.2) is 0 Å². The van der Waals surface area contributed by atoms with E-state index in [1.165, 1.54) is 0 Å². The van der Waals surface area contributed by atoms with Gasteiger partial charge in [0.1, 0.15) is 5.75 Å². The molecule has 3 rings (SSSR count). The molecule has 0 aromatic heterocycles. The molecule has 0 bridgehead atoms. The molecular formula is C19H24Cl3N3O2. The molecular weight excluding hydrogens is 409 g/mol. The standard InChI is InChI=1S/C19H22ClN3O2.2ClH/c1-25-18-9-5-4-8-16(18)22-13-19(24)23-11-10-21-12-17(23)14-6-2-3-7-15(14)20;;/h2-9,17,21-22H,10-13H2,1H3;2*1H. The topological polar surface area (TPSA) is 53.6 Å². The zero-order valence-electron chi connectivity index (χ0n) is 15.0. The molecule has 1 aliphatic rings. The highest BCUT2D eigenvalue weighted by molar-refractivity contribution is 6.31. The van der Waals surface area contributed by atoms with E-state index in [1.54, 1.807) is 7.11 Å². The van der Waals surface area contributed by atoms with Crippen LogP contribution in [0.2, 0.25) is 5.02 Å². The van der Waals surface area contributed by atoms with Crippen molar-refractivity contribution in [3.05, 3.63) is 59.1 Å². The van der Waals surface area contributed by atoms with Crippen molar-refractivity contribution in [2.75, 3.05) is 38.6 Å². The van der Waals surface area contributed by atoms with Crippen LogP contribution in [0.5, 0.6) is 5.75 Å². The van der Waals surface area contributed by atoms with E-state index in [-0.39, 0.29) is 43.3 Å². The van der Waals surface area contributed by atoms with Crippen LogP contribution in [-0.4, -0.2) is 44.1 Å². The summed E-state index contributed by atoms with van der Waals surface area (Å²) in [5.41, 5.74) is 1.78. The third-order valence-electron chi connectivity index (χ3n) is 4.36. The molecule has 148 valence electrons. The Hall–Kier alpha value is -1.66. The minimum absolute atomic E-state index is 0. The second kappa shape index (κ2) is 11.2. The molecule has 8 heteroatoms. The van der Waals surface area contributed by atoms with Crippen LogP contribution in [0.25, 0.3) is 0 Å². The van der Waals surface area contributed by atoms with Gasteiger partial charge < -0.3 is 20.3 Å². The first kappa shape index (κ1) is 23.4. The number of benzene rings is 2. The largest absolute Gasteiger partial charge is 0.495 e. The van der Waals surface area contributed by atoms with Gasteiger partial charge in [-0.1, -0.05) is 41.9 Å². The molecule has 27 heavy (non-hydrogen) atoms. The number of carbonyl (C=O) groups excluding carboxylic acids is 1. The van der Waals surface area contributed by atoms with Crippen LogP contribution in [0.1, 0.15) is 11.6 Å². The lowest BCUT2D eigenvalue weighted by molar-refractivity contribution is -0.132. The molecule has 5 nitrogen and oxygen atoms in total. The number of methoxy groups -OCH3 is 1. The van der Waals surface area contributed by atoms with Crippen LogP contribution >= 0.6 is 36.4 Å². The number of nitrogens with one attached hydrogen (secondary N) is 2. The van der Waals surface area contributed by atoms with Crippen LogP contribution in [0.4, 0.5) is 5.69 Å². The van der Waals surface area contributed by atoms with Gasteiger partial charge in [-0.05, 0) is 23.8 Å². The zero-order chi connectivity index (χ0) is 17.6. The van der Waals surface area contributed by atoms with Crippen LogP contribution in [0.3, 0.4) is 0 Å². The summed E-state index contributed by atoms with van der Waals surface area (Å²) in [5.74, 6) is 0.760. The van der Waals surface area contributed by atoms with Crippen molar-refractivity contribution >= 4 is 48.0 Å². The van der Waals surface area contributed by atoms with Gasteiger partial charge in [0.05, 0.1) is 25.4 Å². The Labute approximate surface area is 177 Å². The Balaban J connectivity index is 0.00000182. The van der Waals surface area contributed by atoms with Crippen molar-refractivity contribution in [1.82, 2.24) is 10.2 Å². The number of anilines is 1. The fourth-order valence-corrected chi connectivity index (χ4v) is 3.35. The molecule has 0 spiro atoms. The van der Waals surface area contributed by atoms with Gasteiger partial charge in [0.15, 0.2) is 0 Å². The van der Waals surface area contributed by atoms with E-state index in [0.717, 1.165) is 23.5 Å². The van der Waals surface area contributed by atoms with E-state index < -0.39 is 0 Å². The monoisotopic (exact) mass is 431 g/mol. The summed E-state index contributed by atoms with van der Waals surface area (Å²) in [5, 5.41) is 7.21. The molecule has 1 heterocycles. The van der Waals surface area contributed by atoms with Gasteiger partial charge in [-0.2, -0.15) is 0 Å². The van der Waals surface area contributed by atoms with Crippen LogP contribution < -0.4 is 15.4 Å². The summed E-state index contributed by atoms with van der Waals surface area (Å²) in [6.45, 7) is 2.34. The predicted octanol–water partition coefficient (Wildman–Crippen LogP) is 3.78. The Kier molecular flexibility index (Phi) is 9.74. The van der Waals surface area contributed by atoms with Crippen LogP contribution in [0.15, 0.2) is 48.5 Å². The number of para-hydroxylation sites is 2. The first-order valence-corrected chi connectivity index (χ1v) is 8.70. The maximum Gasteiger partial charge on any atom is 0.242 e. The molecule has 1 fully saturated rings. The van der Waals surface area contributed by atoms with E-state index in [4.69, 9.17) is 16.3 Å². The number of hydrogen-bond donors (Lipinski definition) is 2. The van der Waals surface area contributed by atoms with Crippen molar-refractivity contribution in [1.29, 1.82) is 0 Å². The maximum atomic E-state index is 12.8. The van der Waals surface area contributed by atoms with Gasteiger partial charge >= 0.3 is 0 Å². The molecule has 2 N–H and O–H groups in total. The first-order chi connectivity index (χ1) is 12.2. The van der Waals surface area contributed by atoms with Crippen molar-refractivity contribution < 1.29 is 9.53 Å². The normalized spacial score (nSPS) is 15.9. The number of hydrogen-bond acceptors (Lipinski definition) is 4. The number of piperazine rings is 1. The Morgan fingerprint density at radius 1 is 1.22 bits per heavy atom. The summed E-state index contributed by atoms with van der Waals surface area (Å²) in [7, 11) is 1.62. The fourth-order valence-electron chi connectivity index (χ4n) is 3.09. The highest BCUT2D eigenvalue weighted by Gasteiger charge is 2.28.